The SMILES string of the molecule is CC[NH+]1CCN(c2ccc(NC(=O)C[NH+](C)Cc3c(F)cccc3Cl)cc2)CC1. The van der Waals surface area contributed by atoms with Crippen LogP contribution in [-0.2, 0) is 11.3 Å². The number of quaternary nitrogens is 2. The number of halogens is 2. The van der Waals surface area contributed by atoms with Gasteiger partial charge in [-0.3, -0.25) is 4.79 Å². The maximum atomic E-state index is 13.9. The molecule has 1 amide bonds. The summed E-state index contributed by atoms with van der Waals surface area (Å²) >= 11 is 6.08. The molecule has 0 aromatic heterocycles. The first-order chi connectivity index (χ1) is 14.0. The van der Waals surface area contributed by atoms with Crippen LogP contribution < -0.4 is 20.0 Å². The monoisotopic (exact) mass is 420 g/mol. The zero-order chi connectivity index (χ0) is 20.8. The Labute approximate surface area is 177 Å². The van der Waals surface area contributed by atoms with E-state index in [0.717, 1.165) is 36.8 Å². The van der Waals surface area contributed by atoms with Gasteiger partial charge >= 0.3 is 0 Å². The van der Waals surface area contributed by atoms with Gasteiger partial charge in [0.25, 0.3) is 5.91 Å². The van der Waals surface area contributed by atoms with E-state index in [4.69, 9.17) is 11.6 Å². The topological polar surface area (TPSA) is 41.2 Å². The summed E-state index contributed by atoms with van der Waals surface area (Å²) in [5.41, 5.74) is 2.40. The molecular formula is C22H30ClFN4O+2. The summed E-state index contributed by atoms with van der Waals surface area (Å²) in [4.78, 5) is 17.3. The summed E-state index contributed by atoms with van der Waals surface area (Å²) in [6, 6.07) is 12.6. The molecule has 3 rings (SSSR count). The summed E-state index contributed by atoms with van der Waals surface area (Å²) in [6.45, 7) is 8.43. The van der Waals surface area contributed by atoms with Crippen molar-refractivity contribution in [3.63, 3.8) is 0 Å². The summed E-state index contributed by atoms with van der Waals surface area (Å²) < 4.78 is 13.9. The molecule has 7 heteroatoms. The number of rotatable bonds is 7. The standard InChI is InChI=1S/C22H28ClFN4O/c1-3-27-11-13-28(14-12-27)18-9-7-17(8-10-18)25-22(29)16-26(2)15-19-20(23)5-4-6-21(19)24/h4-10H,3,11-16H2,1-2H3,(H,25,29)/p+2. The number of anilines is 2. The Balaban J connectivity index is 1.50. The molecule has 2 aromatic rings. The molecule has 1 saturated heterocycles. The molecule has 5 nitrogen and oxygen atoms in total. The van der Waals surface area contributed by atoms with Crippen molar-refractivity contribution in [2.75, 3.05) is 56.5 Å². The minimum Gasteiger partial charge on any atom is -0.360 e. The number of carbonyl (C=O) groups excluding carboxylic acids is 1. The van der Waals surface area contributed by atoms with E-state index >= 15 is 0 Å². The van der Waals surface area contributed by atoms with E-state index in [0.29, 0.717) is 17.1 Å². The Morgan fingerprint density at radius 1 is 1.21 bits per heavy atom. The number of likely N-dealkylation sites (N-methyl/N-ethyl adjacent to an activating group) is 2. The van der Waals surface area contributed by atoms with Crippen LogP contribution in [0, 0.1) is 5.82 Å². The predicted octanol–water partition coefficient (Wildman–Crippen LogP) is 0.857. The van der Waals surface area contributed by atoms with Crippen molar-refractivity contribution >= 4 is 28.9 Å². The Bertz CT molecular complexity index is 802. The minimum absolute atomic E-state index is 0.108. The number of carbonyl (C=O) groups is 1. The quantitative estimate of drug-likeness (QED) is 0.622. The van der Waals surface area contributed by atoms with Crippen LogP contribution in [-0.4, -0.2) is 52.2 Å². The van der Waals surface area contributed by atoms with Gasteiger partial charge in [-0.1, -0.05) is 17.7 Å². The summed E-state index contributed by atoms with van der Waals surface area (Å²) in [7, 11) is 1.85. The lowest BCUT2D eigenvalue weighted by Crippen LogP contribution is -3.14. The molecule has 0 spiro atoms. The van der Waals surface area contributed by atoms with E-state index in [2.05, 4.69) is 29.3 Å². The van der Waals surface area contributed by atoms with Gasteiger partial charge in [0, 0.05) is 11.4 Å². The average Bonchev–Trinajstić information content (AvgIpc) is 2.71. The van der Waals surface area contributed by atoms with E-state index in [9.17, 15) is 9.18 Å². The van der Waals surface area contributed by atoms with Crippen molar-refractivity contribution in [1.82, 2.24) is 0 Å². The predicted molar refractivity (Wildman–Crippen MR) is 115 cm³/mol. The fourth-order valence-electron chi connectivity index (χ4n) is 3.74. The molecule has 1 unspecified atom stereocenters. The number of nitrogens with one attached hydrogen (secondary N) is 3. The van der Waals surface area contributed by atoms with Gasteiger partial charge in [-0.2, -0.15) is 0 Å². The van der Waals surface area contributed by atoms with Crippen molar-refractivity contribution in [2.45, 2.75) is 13.5 Å². The van der Waals surface area contributed by atoms with Crippen LogP contribution in [0.4, 0.5) is 15.8 Å². The number of piperazine rings is 1. The van der Waals surface area contributed by atoms with Gasteiger partial charge in [0.1, 0.15) is 12.4 Å². The third-order valence-corrected chi connectivity index (χ3v) is 5.84. The Morgan fingerprint density at radius 3 is 2.52 bits per heavy atom. The second kappa shape index (κ2) is 10.1. The second-order valence-corrected chi connectivity index (χ2v) is 8.10. The van der Waals surface area contributed by atoms with Gasteiger partial charge in [-0.15, -0.1) is 0 Å². The van der Waals surface area contributed by atoms with Crippen molar-refractivity contribution < 1.29 is 19.0 Å². The van der Waals surface area contributed by atoms with E-state index in [1.54, 1.807) is 17.0 Å². The van der Waals surface area contributed by atoms with Crippen LogP contribution in [0.5, 0.6) is 0 Å². The number of hydrogen-bond donors (Lipinski definition) is 3. The molecule has 1 fully saturated rings. The first-order valence-corrected chi connectivity index (χ1v) is 10.6. The molecule has 1 atom stereocenters. The van der Waals surface area contributed by atoms with E-state index < -0.39 is 0 Å². The highest BCUT2D eigenvalue weighted by Crippen LogP contribution is 2.19. The third-order valence-electron chi connectivity index (χ3n) is 5.49. The Morgan fingerprint density at radius 2 is 1.90 bits per heavy atom. The lowest BCUT2D eigenvalue weighted by Gasteiger charge is -2.33. The van der Waals surface area contributed by atoms with Crippen molar-refractivity contribution in [2.24, 2.45) is 0 Å². The second-order valence-electron chi connectivity index (χ2n) is 7.70. The van der Waals surface area contributed by atoms with Crippen LogP contribution in [0.3, 0.4) is 0 Å². The molecular weight excluding hydrogens is 391 g/mol. The highest BCUT2D eigenvalue weighted by Gasteiger charge is 2.19. The largest absolute Gasteiger partial charge is 0.360 e. The molecule has 0 saturated carbocycles. The fourth-order valence-corrected chi connectivity index (χ4v) is 3.96. The molecule has 29 heavy (non-hydrogen) atoms. The van der Waals surface area contributed by atoms with E-state index in [1.165, 1.54) is 18.3 Å². The average molecular weight is 421 g/mol. The highest BCUT2D eigenvalue weighted by molar-refractivity contribution is 6.31. The fraction of sp³-hybridized carbons (Fsp3) is 0.409. The summed E-state index contributed by atoms with van der Waals surface area (Å²) in [5, 5.41) is 3.32. The van der Waals surface area contributed by atoms with Gasteiger partial charge in [-0.25, -0.2) is 4.39 Å². The number of hydrogen-bond acceptors (Lipinski definition) is 2. The third kappa shape index (κ3) is 5.92. The number of benzene rings is 2. The summed E-state index contributed by atoms with van der Waals surface area (Å²) in [6.07, 6.45) is 0. The molecule has 1 aliphatic heterocycles. The van der Waals surface area contributed by atoms with Gasteiger partial charge in [0.15, 0.2) is 6.54 Å². The van der Waals surface area contributed by atoms with Crippen LogP contribution in [0.1, 0.15) is 12.5 Å². The smallest absolute Gasteiger partial charge is 0.279 e. The molecule has 1 heterocycles. The van der Waals surface area contributed by atoms with E-state index in [1.807, 2.05) is 19.2 Å². The lowest BCUT2D eigenvalue weighted by atomic mass is 10.2. The molecule has 1 aliphatic rings. The van der Waals surface area contributed by atoms with Gasteiger partial charge in [0.05, 0.1) is 50.4 Å². The number of amides is 1. The molecule has 0 aliphatic carbocycles. The zero-order valence-corrected chi connectivity index (χ0v) is 17.9. The molecule has 0 bridgehead atoms. The van der Waals surface area contributed by atoms with Crippen LogP contribution in [0.2, 0.25) is 5.02 Å². The van der Waals surface area contributed by atoms with Crippen LogP contribution in [0.15, 0.2) is 42.5 Å². The Kier molecular flexibility index (Phi) is 7.47. The maximum absolute atomic E-state index is 13.9. The van der Waals surface area contributed by atoms with E-state index in [-0.39, 0.29) is 18.3 Å². The van der Waals surface area contributed by atoms with Gasteiger partial charge in [-0.05, 0) is 43.3 Å². The molecule has 156 valence electrons. The highest BCUT2D eigenvalue weighted by atomic mass is 35.5. The summed E-state index contributed by atoms with van der Waals surface area (Å²) in [5.74, 6) is -0.447. The first-order valence-electron chi connectivity index (χ1n) is 10.2. The molecule has 0 radical (unpaired) electrons. The van der Waals surface area contributed by atoms with Crippen molar-refractivity contribution in [3.05, 3.63) is 58.9 Å². The minimum atomic E-state index is -0.339. The van der Waals surface area contributed by atoms with Gasteiger partial charge in [0.2, 0.25) is 0 Å². The Hall–Kier alpha value is -2.15. The van der Waals surface area contributed by atoms with Crippen molar-refractivity contribution in [3.8, 4) is 0 Å². The molecule has 2 aromatic carbocycles. The first kappa shape index (κ1) is 21.6. The lowest BCUT2D eigenvalue weighted by molar-refractivity contribution is -0.898. The van der Waals surface area contributed by atoms with Crippen LogP contribution in [0.25, 0.3) is 0 Å². The normalized spacial score (nSPS) is 15.9. The zero-order valence-electron chi connectivity index (χ0n) is 17.1. The van der Waals surface area contributed by atoms with Crippen LogP contribution >= 0.6 is 11.6 Å². The number of nitrogens with zero attached hydrogens (tertiary/aromatic N) is 1. The van der Waals surface area contributed by atoms with Crippen molar-refractivity contribution in [1.29, 1.82) is 0 Å². The van der Waals surface area contributed by atoms with Gasteiger partial charge < -0.3 is 20.0 Å². The molecule has 3 N–H and O–H groups in total. The maximum Gasteiger partial charge on any atom is 0.279 e.